The van der Waals surface area contributed by atoms with Crippen LogP contribution < -0.4 is 11.1 Å². The van der Waals surface area contributed by atoms with Crippen molar-refractivity contribution in [3.63, 3.8) is 0 Å². The summed E-state index contributed by atoms with van der Waals surface area (Å²) >= 11 is 6.01. The lowest BCUT2D eigenvalue weighted by atomic mass is 9.92. The number of anilines is 1. The molecular weight excluding hydrogens is 258 g/mol. The number of benzene rings is 1. The van der Waals surface area contributed by atoms with Gasteiger partial charge in [-0.3, -0.25) is 4.98 Å². The fraction of sp³-hybridized carbons (Fsp3) is 0.400. The zero-order valence-electron chi connectivity index (χ0n) is 11.4. The minimum absolute atomic E-state index is 0.0616. The van der Waals surface area contributed by atoms with Gasteiger partial charge in [0, 0.05) is 34.4 Å². The van der Waals surface area contributed by atoms with Crippen molar-refractivity contribution in [3.05, 3.63) is 35.5 Å². The highest BCUT2D eigenvalue weighted by atomic mass is 35.5. The third kappa shape index (κ3) is 2.82. The van der Waals surface area contributed by atoms with Crippen molar-refractivity contribution in [2.24, 2.45) is 5.73 Å². The lowest BCUT2D eigenvalue weighted by Gasteiger charge is -2.33. The van der Waals surface area contributed by atoms with Crippen molar-refractivity contribution >= 4 is 28.2 Å². The quantitative estimate of drug-likeness (QED) is 0.874. The van der Waals surface area contributed by atoms with E-state index in [-0.39, 0.29) is 5.54 Å². The Labute approximate surface area is 119 Å². The Kier molecular flexibility index (Phi) is 4.27. The zero-order chi connectivity index (χ0) is 13.9. The normalized spacial score (nSPS) is 11.8. The molecule has 0 bridgehead atoms. The minimum atomic E-state index is -0.0616. The SMILES string of the molecule is CCC(CC)(CN)Nc1ccnc2cc(Cl)ccc12. The highest BCUT2D eigenvalue weighted by molar-refractivity contribution is 6.31. The molecule has 3 N–H and O–H groups in total. The predicted octanol–water partition coefficient (Wildman–Crippen LogP) is 3.82. The van der Waals surface area contributed by atoms with Crippen molar-refractivity contribution < 1.29 is 0 Å². The first-order valence-corrected chi connectivity index (χ1v) is 7.04. The number of halogens is 1. The summed E-state index contributed by atoms with van der Waals surface area (Å²) in [7, 11) is 0. The summed E-state index contributed by atoms with van der Waals surface area (Å²) in [5.74, 6) is 0. The molecule has 1 aromatic heterocycles. The van der Waals surface area contributed by atoms with Crippen LogP contribution in [0.15, 0.2) is 30.5 Å². The van der Waals surface area contributed by atoms with Crippen LogP contribution in [0.3, 0.4) is 0 Å². The van der Waals surface area contributed by atoms with Gasteiger partial charge in [-0.25, -0.2) is 0 Å². The van der Waals surface area contributed by atoms with Crippen LogP contribution in [-0.4, -0.2) is 17.1 Å². The second-order valence-corrected chi connectivity index (χ2v) is 5.27. The molecule has 1 heterocycles. The van der Waals surface area contributed by atoms with Crippen LogP contribution in [-0.2, 0) is 0 Å². The molecule has 19 heavy (non-hydrogen) atoms. The van der Waals surface area contributed by atoms with Crippen molar-refractivity contribution in [1.29, 1.82) is 0 Å². The zero-order valence-corrected chi connectivity index (χ0v) is 12.2. The summed E-state index contributed by atoms with van der Waals surface area (Å²) in [5.41, 5.74) is 7.85. The Morgan fingerprint density at radius 2 is 2.00 bits per heavy atom. The molecule has 1 aromatic carbocycles. The molecule has 0 amide bonds. The first-order valence-electron chi connectivity index (χ1n) is 6.66. The van der Waals surface area contributed by atoms with E-state index < -0.39 is 0 Å². The van der Waals surface area contributed by atoms with Gasteiger partial charge >= 0.3 is 0 Å². The van der Waals surface area contributed by atoms with Crippen LogP contribution in [0.2, 0.25) is 5.02 Å². The third-order valence-corrected chi connectivity index (χ3v) is 4.08. The van der Waals surface area contributed by atoms with Gasteiger partial charge in [-0.2, -0.15) is 0 Å². The smallest absolute Gasteiger partial charge is 0.0737 e. The van der Waals surface area contributed by atoms with E-state index in [4.69, 9.17) is 17.3 Å². The number of hydrogen-bond acceptors (Lipinski definition) is 3. The largest absolute Gasteiger partial charge is 0.378 e. The average Bonchev–Trinajstić information content (AvgIpc) is 2.44. The second-order valence-electron chi connectivity index (χ2n) is 4.84. The molecule has 0 saturated heterocycles. The molecule has 0 atom stereocenters. The second kappa shape index (κ2) is 5.76. The Balaban J connectivity index is 2.45. The van der Waals surface area contributed by atoms with Crippen LogP contribution in [0.4, 0.5) is 5.69 Å². The first kappa shape index (κ1) is 14.1. The maximum atomic E-state index is 6.01. The van der Waals surface area contributed by atoms with Gasteiger partial charge in [0.05, 0.1) is 5.52 Å². The number of nitrogens with zero attached hydrogens (tertiary/aromatic N) is 1. The summed E-state index contributed by atoms with van der Waals surface area (Å²) in [6, 6.07) is 7.76. The number of nitrogens with two attached hydrogens (primary N) is 1. The van der Waals surface area contributed by atoms with Crippen LogP contribution in [0, 0.1) is 0 Å². The highest BCUT2D eigenvalue weighted by Gasteiger charge is 2.24. The Hall–Kier alpha value is -1.32. The molecule has 0 saturated carbocycles. The lowest BCUT2D eigenvalue weighted by Crippen LogP contribution is -2.44. The summed E-state index contributed by atoms with van der Waals surface area (Å²) in [6.07, 6.45) is 3.77. The van der Waals surface area contributed by atoms with Crippen molar-refractivity contribution in [1.82, 2.24) is 4.98 Å². The van der Waals surface area contributed by atoms with Gasteiger partial charge in [0.2, 0.25) is 0 Å². The molecule has 2 rings (SSSR count). The number of pyridine rings is 1. The average molecular weight is 278 g/mol. The molecule has 2 aromatic rings. The molecule has 0 aliphatic carbocycles. The van der Waals surface area contributed by atoms with Gasteiger partial charge in [-0.05, 0) is 37.1 Å². The van der Waals surface area contributed by atoms with E-state index in [1.165, 1.54) is 0 Å². The summed E-state index contributed by atoms with van der Waals surface area (Å²) in [4.78, 5) is 4.35. The summed E-state index contributed by atoms with van der Waals surface area (Å²) in [5, 5.41) is 5.37. The Morgan fingerprint density at radius 3 is 2.63 bits per heavy atom. The molecule has 0 radical (unpaired) electrons. The van der Waals surface area contributed by atoms with Gasteiger partial charge in [-0.15, -0.1) is 0 Å². The molecular formula is C15H20ClN3. The van der Waals surface area contributed by atoms with Gasteiger partial charge in [-0.1, -0.05) is 25.4 Å². The number of fused-ring (bicyclic) bond motifs is 1. The van der Waals surface area contributed by atoms with E-state index in [9.17, 15) is 0 Å². The molecule has 0 unspecified atom stereocenters. The molecule has 0 aliphatic heterocycles. The van der Waals surface area contributed by atoms with E-state index in [1.807, 2.05) is 24.3 Å². The fourth-order valence-electron chi connectivity index (χ4n) is 2.28. The number of aromatic nitrogens is 1. The molecule has 102 valence electrons. The number of hydrogen-bond donors (Lipinski definition) is 2. The van der Waals surface area contributed by atoms with E-state index in [2.05, 4.69) is 24.1 Å². The van der Waals surface area contributed by atoms with Gasteiger partial charge in [0.1, 0.15) is 0 Å². The van der Waals surface area contributed by atoms with E-state index in [0.717, 1.165) is 29.4 Å². The maximum absolute atomic E-state index is 6.01. The van der Waals surface area contributed by atoms with Gasteiger partial charge in [0.15, 0.2) is 0 Å². The van der Waals surface area contributed by atoms with E-state index in [1.54, 1.807) is 6.20 Å². The monoisotopic (exact) mass is 277 g/mol. The lowest BCUT2D eigenvalue weighted by molar-refractivity contribution is 0.446. The van der Waals surface area contributed by atoms with E-state index in [0.29, 0.717) is 11.6 Å². The fourth-order valence-corrected chi connectivity index (χ4v) is 2.45. The summed E-state index contributed by atoms with van der Waals surface area (Å²) < 4.78 is 0. The number of rotatable bonds is 5. The minimum Gasteiger partial charge on any atom is -0.378 e. The molecule has 0 fully saturated rings. The van der Waals surface area contributed by atoms with Crippen molar-refractivity contribution in [2.45, 2.75) is 32.2 Å². The van der Waals surface area contributed by atoms with Crippen molar-refractivity contribution in [3.8, 4) is 0 Å². The maximum Gasteiger partial charge on any atom is 0.0737 e. The van der Waals surface area contributed by atoms with Crippen LogP contribution in [0.1, 0.15) is 26.7 Å². The first-order chi connectivity index (χ1) is 9.14. The third-order valence-electron chi connectivity index (χ3n) is 3.85. The standard InChI is InChI=1S/C15H20ClN3/c1-3-15(4-2,10-17)19-13-7-8-18-14-9-11(16)5-6-12(13)14/h5-9H,3-4,10,17H2,1-2H3,(H,18,19). The highest BCUT2D eigenvalue weighted by Crippen LogP contribution is 2.28. The number of nitrogens with one attached hydrogen (secondary N) is 1. The Morgan fingerprint density at radius 1 is 1.26 bits per heavy atom. The van der Waals surface area contributed by atoms with E-state index >= 15 is 0 Å². The Bertz CT molecular complexity index is 556. The topological polar surface area (TPSA) is 50.9 Å². The predicted molar refractivity (Wildman–Crippen MR) is 82.7 cm³/mol. The van der Waals surface area contributed by atoms with Crippen LogP contribution in [0.5, 0.6) is 0 Å². The van der Waals surface area contributed by atoms with Crippen LogP contribution >= 0.6 is 11.6 Å². The van der Waals surface area contributed by atoms with Crippen LogP contribution in [0.25, 0.3) is 10.9 Å². The molecule has 0 aliphatic rings. The summed E-state index contributed by atoms with van der Waals surface area (Å²) in [6.45, 7) is 4.92. The molecule has 3 nitrogen and oxygen atoms in total. The van der Waals surface area contributed by atoms with Gasteiger partial charge in [0.25, 0.3) is 0 Å². The molecule has 0 spiro atoms. The molecule has 4 heteroatoms. The van der Waals surface area contributed by atoms with Crippen molar-refractivity contribution in [2.75, 3.05) is 11.9 Å². The van der Waals surface area contributed by atoms with Gasteiger partial charge < -0.3 is 11.1 Å².